The molecular formula is C13H16ClNO4. The first-order valence-corrected chi connectivity index (χ1v) is 6.18. The number of anilines is 1. The summed E-state index contributed by atoms with van der Waals surface area (Å²) in [5, 5.41) is 18.6. The average molecular weight is 286 g/mol. The molecule has 0 amide bonds. The third kappa shape index (κ3) is 4.13. The van der Waals surface area contributed by atoms with Crippen molar-refractivity contribution in [2.75, 3.05) is 11.4 Å². The van der Waals surface area contributed by atoms with Gasteiger partial charge in [-0.15, -0.1) is 0 Å². The van der Waals surface area contributed by atoms with E-state index in [4.69, 9.17) is 21.8 Å². The van der Waals surface area contributed by atoms with E-state index >= 15 is 0 Å². The average Bonchev–Trinajstić information content (AvgIpc) is 2.35. The highest BCUT2D eigenvalue weighted by Crippen LogP contribution is 2.21. The van der Waals surface area contributed by atoms with Crippen LogP contribution in [0, 0.1) is 5.92 Å². The summed E-state index contributed by atoms with van der Waals surface area (Å²) in [5.41, 5.74) is 0.632. The van der Waals surface area contributed by atoms with Crippen LogP contribution in [0.15, 0.2) is 24.3 Å². The van der Waals surface area contributed by atoms with Crippen molar-refractivity contribution >= 4 is 29.2 Å². The van der Waals surface area contributed by atoms with Crippen molar-refractivity contribution < 1.29 is 19.8 Å². The molecule has 5 nitrogen and oxygen atoms in total. The number of hydrogen-bond acceptors (Lipinski definition) is 3. The molecule has 1 aromatic carbocycles. The number of carboxylic acids is 2. The van der Waals surface area contributed by atoms with Crippen molar-refractivity contribution in [3.05, 3.63) is 29.3 Å². The van der Waals surface area contributed by atoms with E-state index in [0.717, 1.165) is 0 Å². The molecule has 0 aliphatic heterocycles. The molecule has 19 heavy (non-hydrogen) atoms. The predicted octanol–water partition coefficient (Wildman–Crippen LogP) is 2.34. The van der Waals surface area contributed by atoms with E-state index in [0.29, 0.717) is 10.7 Å². The number of aliphatic carboxylic acids is 2. The standard InChI is InChI=1S/C13H16ClNO4/c1-8(12(16)17)7-15(9(2)13(18)19)11-5-3-10(14)4-6-11/h3-6,8-9H,7H2,1-2H3,(H,16,17)(H,18,19). The van der Waals surface area contributed by atoms with Gasteiger partial charge in [-0.2, -0.15) is 0 Å². The summed E-state index contributed by atoms with van der Waals surface area (Å²) in [6.45, 7) is 3.18. The van der Waals surface area contributed by atoms with Crippen molar-refractivity contribution in [3.63, 3.8) is 0 Å². The lowest BCUT2D eigenvalue weighted by Gasteiger charge is -2.30. The third-order valence-electron chi connectivity index (χ3n) is 2.88. The Kier molecular flexibility index (Phi) is 5.18. The first-order valence-electron chi connectivity index (χ1n) is 5.80. The second kappa shape index (κ2) is 6.43. The van der Waals surface area contributed by atoms with Crippen molar-refractivity contribution in [1.82, 2.24) is 0 Å². The normalized spacial score (nSPS) is 13.6. The van der Waals surface area contributed by atoms with Crippen LogP contribution in [0.25, 0.3) is 0 Å². The first-order chi connectivity index (χ1) is 8.82. The molecular weight excluding hydrogens is 270 g/mol. The van der Waals surface area contributed by atoms with E-state index in [-0.39, 0.29) is 6.54 Å². The maximum atomic E-state index is 11.1. The molecule has 104 valence electrons. The number of halogens is 1. The third-order valence-corrected chi connectivity index (χ3v) is 3.13. The lowest BCUT2D eigenvalue weighted by atomic mass is 10.1. The smallest absolute Gasteiger partial charge is 0.326 e. The zero-order valence-electron chi connectivity index (χ0n) is 10.7. The van der Waals surface area contributed by atoms with E-state index in [1.165, 1.54) is 11.8 Å². The molecule has 1 rings (SSSR count). The number of benzene rings is 1. The van der Waals surface area contributed by atoms with Gasteiger partial charge in [-0.3, -0.25) is 4.79 Å². The summed E-state index contributed by atoms with van der Waals surface area (Å²) in [6.07, 6.45) is 0. The summed E-state index contributed by atoms with van der Waals surface area (Å²) in [7, 11) is 0. The van der Waals surface area contributed by atoms with Gasteiger partial charge in [-0.1, -0.05) is 18.5 Å². The summed E-state index contributed by atoms with van der Waals surface area (Å²) in [5.74, 6) is -2.64. The molecule has 0 aliphatic carbocycles. The van der Waals surface area contributed by atoms with E-state index in [9.17, 15) is 9.59 Å². The highest BCUT2D eigenvalue weighted by molar-refractivity contribution is 6.30. The molecule has 1 aromatic rings. The second-order valence-electron chi connectivity index (χ2n) is 4.38. The van der Waals surface area contributed by atoms with Gasteiger partial charge in [-0.25, -0.2) is 4.79 Å². The van der Waals surface area contributed by atoms with Crippen LogP contribution in [0.2, 0.25) is 5.02 Å². The van der Waals surface area contributed by atoms with Gasteiger partial charge < -0.3 is 15.1 Å². The van der Waals surface area contributed by atoms with Crippen LogP contribution >= 0.6 is 11.6 Å². The minimum atomic E-state index is -1.01. The fourth-order valence-electron chi connectivity index (χ4n) is 1.63. The highest BCUT2D eigenvalue weighted by Gasteiger charge is 2.25. The molecule has 6 heteroatoms. The Hall–Kier alpha value is -1.75. The summed E-state index contributed by atoms with van der Waals surface area (Å²) in [4.78, 5) is 23.6. The van der Waals surface area contributed by atoms with Crippen molar-refractivity contribution in [3.8, 4) is 0 Å². The van der Waals surface area contributed by atoms with Crippen LogP contribution in [0.4, 0.5) is 5.69 Å². The SMILES string of the molecule is CC(CN(c1ccc(Cl)cc1)C(C)C(=O)O)C(=O)O. The number of rotatable bonds is 6. The minimum Gasteiger partial charge on any atom is -0.481 e. The number of nitrogens with zero attached hydrogens (tertiary/aromatic N) is 1. The van der Waals surface area contributed by atoms with Crippen LogP contribution in [-0.2, 0) is 9.59 Å². The molecule has 0 saturated heterocycles. The Morgan fingerprint density at radius 2 is 1.68 bits per heavy atom. The van der Waals surface area contributed by atoms with Crippen molar-refractivity contribution in [2.45, 2.75) is 19.9 Å². The van der Waals surface area contributed by atoms with Gasteiger partial charge in [0.1, 0.15) is 6.04 Å². The maximum Gasteiger partial charge on any atom is 0.326 e. The quantitative estimate of drug-likeness (QED) is 0.839. The fourth-order valence-corrected chi connectivity index (χ4v) is 1.75. The molecule has 0 spiro atoms. The van der Waals surface area contributed by atoms with Crippen LogP contribution in [0.5, 0.6) is 0 Å². The lowest BCUT2D eigenvalue weighted by molar-refractivity contribution is -0.142. The van der Waals surface area contributed by atoms with E-state index in [1.54, 1.807) is 31.2 Å². The maximum absolute atomic E-state index is 11.1. The molecule has 0 aromatic heterocycles. The zero-order valence-corrected chi connectivity index (χ0v) is 11.5. The molecule has 0 fully saturated rings. The molecule has 2 unspecified atom stereocenters. The molecule has 2 N–H and O–H groups in total. The predicted molar refractivity (Wildman–Crippen MR) is 72.7 cm³/mol. The van der Waals surface area contributed by atoms with Crippen LogP contribution in [0.3, 0.4) is 0 Å². The van der Waals surface area contributed by atoms with E-state index in [1.807, 2.05) is 0 Å². The monoisotopic (exact) mass is 285 g/mol. The fraction of sp³-hybridized carbons (Fsp3) is 0.385. The lowest BCUT2D eigenvalue weighted by Crippen LogP contribution is -2.43. The van der Waals surface area contributed by atoms with Gasteiger partial charge in [0.05, 0.1) is 5.92 Å². The Balaban J connectivity index is 3.01. The molecule has 0 aliphatic rings. The molecule has 2 atom stereocenters. The minimum absolute atomic E-state index is 0.116. The van der Waals surface area contributed by atoms with Gasteiger partial charge in [-0.05, 0) is 31.2 Å². The van der Waals surface area contributed by atoms with Gasteiger partial charge in [0.2, 0.25) is 0 Å². The molecule has 0 radical (unpaired) electrons. The summed E-state index contributed by atoms with van der Waals surface area (Å²) < 4.78 is 0. The number of carboxylic acid groups (broad SMARTS) is 2. The highest BCUT2D eigenvalue weighted by atomic mass is 35.5. The van der Waals surface area contributed by atoms with E-state index in [2.05, 4.69) is 0 Å². The van der Waals surface area contributed by atoms with Crippen LogP contribution in [0.1, 0.15) is 13.8 Å². The van der Waals surface area contributed by atoms with E-state index < -0.39 is 23.9 Å². The first kappa shape index (κ1) is 15.3. The van der Waals surface area contributed by atoms with Crippen molar-refractivity contribution in [2.24, 2.45) is 5.92 Å². The molecule has 0 saturated carbocycles. The Morgan fingerprint density at radius 1 is 1.16 bits per heavy atom. The molecule has 0 bridgehead atoms. The number of hydrogen-bond donors (Lipinski definition) is 2. The van der Waals surface area contributed by atoms with Gasteiger partial charge in [0, 0.05) is 17.3 Å². The Morgan fingerprint density at radius 3 is 2.11 bits per heavy atom. The Bertz CT molecular complexity index is 460. The molecule has 0 heterocycles. The van der Waals surface area contributed by atoms with Gasteiger partial charge >= 0.3 is 11.9 Å². The Labute approximate surface area is 116 Å². The van der Waals surface area contributed by atoms with Gasteiger partial charge in [0.15, 0.2) is 0 Å². The van der Waals surface area contributed by atoms with Gasteiger partial charge in [0.25, 0.3) is 0 Å². The number of carbonyl (C=O) groups is 2. The largest absolute Gasteiger partial charge is 0.481 e. The summed E-state index contributed by atoms with van der Waals surface area (Å²) >= 11 is 5.79. The zero-order chi connectivity index (χ0) is 14.6. The second-order valence-corrected chi connectivity index (χ2v) is 4.82. The topological polar surface area (TPSA) is 77.8 Å². The van der Waals surface area contributed by atoms with Crippen LogP contribution in [-0.4, -0.2) is 34.7 Å². The van der Waals surface area contributed by atoms with Crippen molar-refractivity contribution in [1.29, 1.82) is 0 Å². The van der Waals surface area contributed by atoms with Crippen LogP contribution < -0.4 is 4.90 Å². The summed E-state index contributed by atoms with van der Waals surface area (Å²) in [6, 6.07) is 5.82.